The molecule has 0 bridgehead atoms. The van der Waals surface area contributed by atoms with Gasteiger partial charge in [-0.1, -0.05) is 48.3 Å². The molecule has 0 saturated heterocycles. The Kier molecular flexibility index (Phi) is 5.47. The molecule has 0 atom stereocenters. The summed E-state index contributed by atoms with van der Waals surface area (Å²) in [5.41, 5.74) is 4.77. The van der Waals surface area contributed by atoms with E-state index in [1.807, 2.05) is 12.1 Å². The lowest BCUT2D eigenvalue weighted by Gasteiger charge is -2.10. The summed E-state index contributed by atoms with van der Waals surface area (Å²) in [5.74, 6) is 0. The van der Waals surface area contributed by atoms with Crippen molar-refractivity contribution in [2.24, 2.45) is 0 Å². The molecule has 0 aliphatic heterocycles. The molecule has 0 amide bonds. The van der Waals surface area contributed by atoms with Crippen molar-refractivity contribution < 1.29 is 0 Å². The summed E-state index contributed by atoms with van der Waals surface area (Å²) in [4.78, 5) is 0. The van der Waals surface area contributed by atoms with Crippen molar-refractivity contribution in [3.8, 4) is 11.1 Å². The van der Waals surface area contributed by atoms with Crippen LogP contribution in [0.3, 0.4) is 0 Å². The molecule has 3 heteroatoms. The number of rotatable bonds is 5. The van der Waals surface area contributed by atoms with Gasteiger partial charge < -0.3 is 5.32 Å². The molecule has 0 aromatic heterocycles. The Hall–Kier alpha value is -1.02. The molecular weight excluding hydrogens is 289 g/mol. The van der Waals surface area contributed by atoms with Gasteiger partial charge >= 0.3 is 0 Å². The Labute approximate surface area is 130 Å². The molecule has 0 saturated carbocycles. The molecule has 0 heterocycles. The summed E-state index contributed by atoms with van der Waals surface area (Å²) in [7, 11) is 0. The minimum atomic E-state index is 0.667. The van der Waals surface area contributed by atoms with E-state index in [4.69, 9.17) is 23.2 Å². The van der Waals surface area contributed by atoms with Gasteiger partial charge in [-0.3, -0.25) is 0 Å². The van der Waals surface area contributed by atoms with Crippen molar-refractivity contribution in [1.82, 2.24) is 5.32 Å². The van der Waals surface area contributed by atoms with Gasteiger partial charge in [0.25, 0.3) is 0 Å². The summed E-state index contributed by atoms with van der Waals surface area (Å²) < 4.78 is 0. The molecule has 0 unspecified atom stereocenters. The molecular formula is C17H19Cl2N. The standard InChI is InChI=1S/C17H19Cl2N/c1-3-6-20-11-13-4-5-17(12(2)7-13)14-8-15(18)10-16(19)9-14/h4-5,7-10,20H,3,6,11H2,1-2H3. The van der Waals surface area contributed by atoms with E-state index in [-0.39, 0.29) is 0 Å². The maximum Gasteiger partial charge on any atom is 0.0426 e. The van der Waals surface area contributed by atoms with Gasteiger partial charge in [-0.2, -0.15) is 0 Å². The summed E-state index contributed by atoms with van der Waals surface area (Å²) in [6.07, 6.45) is 1.15. The molecule has 0 spiro atoms. The predicted molar refractivity (Wildman–Crippen MR) is 88.6 cm³/mol. The van der Waals surface area contributed by atoms with Crippen LogP contribution in [0.25, 0.3) is 11.1 Å². The molecule has 2 aromatic rings. The van der Waals surface area contributed by atoms with E-state index >= 15 is 0 Å². The summed E-state index contributed by atoms with van der Waals surface area (Å²) >= 11 is 12.1. The quantitative estimate of drug-likeness (QED) is 0.722. The van der Waals surface area contributed by atoms with Gasteiger partial charge in [0.1, 0.15) is 0 Å². The molecule has 1 nitrogen and oxygen atoms in total. The highest BCUT2D eigenvalue weighted by Crippen LogP contribution is 2.29. The smallest absolute Gasteiger partial charge is 0.0426 e. The number of halogens is 2. The summed E-state index contributed by atoms with van der Waals surface area (Å²) in [6, 6.07) is 12.2. The molecule has 0 aliphatic carbocycles. The summed E-state index contributed by atoms with van der Waals surface area (Å²) in [6.45, 7) is 6.24. The normalized spacial score (nSPS) is 10.8. The predicted octanol–water partition coefficient (Wildman–Crippen LogP) is 5.47. The first-order chi connectivity index (χ1) is 9.60. The van der Waals surface area contributed by atoms with Crippen LogP contribution < -0.4 is 5.32 Å². The van der Waals surface area contributed by atoms with Gasteiger partial charge in [0.05, 0.1) is 0 Å². The Bertz CT molecular complexity index is 573. The van der Waals surface area contributed by atoms with Crippen LogP contribution in [0.15, 0.2) is 36.4 Å². The zero-order valence-electron chi connectivity index (χ0n) is 11.8. The monoisotopic (exact) mass is 307 g/mol. The third-order valence-electron chi connectivity index (χ3n) is 3.22. The Balaban J connectivity index is 2.25. The minimum absolute atomic E-state index is 0.667. The SMILES string of the molecule is CCCNCc1ccc(-c2cc(Cl)cc(Cl)c2)c(C)c1. The van der Waals surface area contributed by atoms with E-state index < -0.39 is 0 Å². The second-order valence-electron chi connectivity index (χ2n) is 4.98. The Morgan fingerprint density at radius 2 is 1.70 bits per heavy atom. The van der Waals surface area contributed by atoms with Crippen LogP contribution in [0, 0.1) is 6.92 Å². The molecule has 0 fully saturated rings. The largest absolute Gasteiger partial charge is 0.313 e. The van der Waals surface area contributed by atoms with E-state index in [1.165, 1.54) is 16.7 Å². The fraction of sp³-hybridized carbons (Fsp3) is 0.294. The third kappa shape index (κ3) is 3.99. The fourth-order valence-electron chi connectivity index (χ4n) is 2.28. The molecule has 20 heavy (non-hydrogen) atoms. The van der Waals surface area contributed by atoms with Crippen molar-refractivity contribution in [1.29, 1.82) is 0 Å². The van der Waals surface area contributed by atoms with Crippen molar-refractivity contribution >= 4 is 23.2 Å². The van der Waals surface area contributed by atoms with Crippen LogP contribution >= 0.6 is 23.2 Å². The van der Waals surface area contributed by atoms with Crippen LogP contribution in [0.4, 0.5) is 0 Å². The van der Waals surface area contributed by atoms with Crippen LogP contribution in [0.1, 0.15) is 24.5 Å². The van der Waals surface area contributed by atoms with Crippen LogP contribution in [-0.2, 0) is 6.54 Å². The highest BCUT2D eigenvalue weighted by molar-refractivity contribution is 6.35. The van der Waals surface area contributed by atoms with E-state index in [0.717, 1.165) is 25.1 Å². The van der Waals surface area contributed by atoms with Crippen molar-refractivity contribution in [3.63, 3.8) is 0 Å². The lowest BCUT2D eigenvalue weighted by atomic mass is 9.98. The molecule has 2 rings (SSSR count). The fourth-order valence-corrected chi connectivity index (χ4v) is 2.80. The molecule has 0 radical (unpaired) electrons. The number of hydrogen-bond acceptors (Lipinski definition) is 1. The van der Waals surface area contributed by atoms with E-state index in [2.05, 4.69) is 37.4 Å². The van der Waals surface area contributed by atoms with Gasteiger partial charge in [0.15, 0.2) is 0 Å². The second kappa shape index (κ2) is 7.12. The highest BCUT2D eigenvalue weighted by Gasteiger charge is 2.05. The Morgan fingerprint density at radius 1 is 1.00 bits per heavy atom. The second-order valence-corrected chi connectivity index (χ2v) is 5.86. The van der Waals surface area contributed by atoms with Crippen molar-refractivity contribution in [2.45, 2.75) is 26.8 Å². The van der Waals surface area contributed by atoms with Crippen LogP contribution in [-0.4, -0.2) is 6.54 Å². The van der Waals surface area contributed by atoms with E-state index in [9.17, 15) is 0 Å². The number of benzene rings is 2. The average Bonchev–Trinajstić information content (AvgIpc) is 2.38. The molecule has 0 aliphatic rings. The van der Waals surface area contributed by atoms with Gasteiger partial charge in [0.2, 0.25) is 0 Å². The zero-order valence-corrected chi connectivity index (χ0v) is 13.4. The first-order valence-electron chi connectivity index (χ1n) is 6.87. The maximum absolute atomic E-state index is 6.07. The first-order valence-corrected chi connectivity index (χ1v) is 7.62. The molecule has 1 N–H and O–H groups in total. The minimum Gasteiger partial charge on any atom is -0.313 e. The average molecular weight is 308 g/mol. The zero-order chi connectivity index (χ0) is 14.5. The third-order valence-corrected chi connectivity index (χ3v) is 3.66. The summed E-state index contributed by atoms with van der Waals surface area (Å²) in [5, 5.41) is 4.75. The van der Waals surface area contributed by atoms with Gasteiger partial charge in [-0.05, 0) is 60.3 Å². The van der Waals surface area contributed by atoms with Crippen LogP contribution in [0.2, 0.25) is 10.0 Å². The first kappa shape index (κ1) is 15.4. The van der Waals surface area contributed by atoms with Gasteiger partial charge in [0, 0.05) is 16.6 Å². The van der Waals surface area contributed by atoms with E-state index in [0.29, 0.717) is 10.0 Å². The lowest BCUT2D eigenvalue weighted by Crippen LogP contribution is -2.13. The lowest BCUT2D eigenvalue weighted by molar-refractivity contribution is 0.675. The maximum atomic E-state index is 6.07. The molecule has 106 valence electrons. The number of aryl methyl sites for hydroxylation is 1. The number of hydrogen-bond donors (Lipinski definition) is 1. The Morgan fingerprint density at radius 3 is 2.30 bits per heavy atom. The van der Waals surface area contributed by atoms with Crippen molar-refractivity contribution in [2.75, 3.05) is 6.54 Å². The topological polar surface area (TPSA) is 12.0 Å². The van der Waals surface area contributed by atoms with Gasteiger partial charge in [-0.25, -0.2) is 0 Å². The highest BCUT2D eigenvalue weighted by atomic mass is 35.5. The van der Waals surface area contributed by atoms with Crippen molar-refractivity contribution in [3.05, 3.63) is 57.6 Å². The van der Waals surface area contributed by atoms with Gasteiger partial charge in [-0.15, -0.1) is 0 Å². The van der Waals surface area contributed by atoms with Crippen LogP contribution in [0.5, 0.6) is 0 Å². The molecule has 2 aromatic carbocycles. The number of nitrogens with one attached hydrogen (secondary N) is 1. The van der Waals surface area contributed by atoms with E-state index in [1.54, 1.807) is 6.07 Å².